The topological polar surface area (TPSA) is 12.9 Å². The van der Waals surface area contributed by atoms with Crippen LogP contribution in [0.25, 0.3) is 34.4 Å². The highest BCUT2D eigenvalue weighted by Gasteiger charge is 2.28. The van der Waals surface area contributed by atoms with Crippen molar-refractivity contribution in [3.8, 4) is 11.1 Å². The molecule has 0 unspecified atom stereocenters. The zero-order chi connectivity index (χ0) is 25.4. The van der Waals surface area contributed by atoms with Gasteiger partial charge in [0.1, 0.15) is 0 Å². The SMILES string of the molecule is Brc1cccc(/C=C2/CCCc3c2nc2c(c3-c3cccc(Br)c3)CCC/C2=C\c2cccc(Br)c2)c1. The average Bonchev–Trinajstić information content (AvgIpc) is 2.88. The fourth-order valence-corrected chi connectivity index (χ4v) is 6.93. The number of fused-ring (bicyclic) bond motifs is 2. The van der Waals surface area contributed by atoms with Crippen molar-refractivity contribution in [3.63, 3.8) is 0 Å². The second-order valence-corrected chi connectivity index (χ2v) is 12.6. The van der Waals surface area contributed by atoms with Gasteiger partial charge in [-0.3, -0.25) is 0 Å². The number of pyridine rings is 1. The normalized spacial score (nSPS) is 17.1. The lowest BCUT2D eigenvalue weighted by Crippen LogP contribution is -2.15. The van der Waals surface area contributed by atoms with Gasteiger partial charge in [-0.05, 0) is 132 Å². The van der Waals surface area contributed by atoms with Crippen LogP contribution in [0.5, 0.6) is 0 Å². The van der Waals surface area contributed by atoms with Gasteiger partial charge >= 0.3 is 0 Å². The monoisotopic (exact) mass is 673 g/mol. The van der Waals surface area contributed by atoms with Gasteiger partial charge in [0.15, 0.2) is 0 Å². The van der Waals surface area contributed by atoms with E-state index in [0.29, 0.717) is 0 Å². The maximum absolute atomic E-state index is 5.49. The number of rotatable bonds is 3. The third kappa shape index (κ3) is 5.34. The maximum atomic E-state index is 5.49. The molecule has 1 heterocycles. The van der Waals surface area contributed by atoms with E-state index >= 15 is 0 Å². The first-order valence-corrected chi connectivity index (χ1v) is 15.2. The molecule has 0 radical (unpaired) electrons. The number of hydrogen-bond acceptors (Lipinski definition) is 1. The lowest BCUT2D eigenvalue weighted by Gasteiger charge is -2.29. The molecule has 3 aromatic carbocycles. The van der Waals surface area contributed by atoms with Gasteiger partial charge in [-0.1, -0.05) is 84.2 Å². The number of benzene rings is 3. The van der Waals surface area contributed by atoms with Crippen molar-refractivity contribution < 1.29 is 0 Å². The van der Waals surface area contributed by atoms with E-state index in [4.69, 9.17) is 4.98 Å². The smallest absolute Gasteiger partial charge is 0.0707 e. The Labute approximate surface area is 244 Å². The highest BCUT2D eigenvalue weighted by molar-refractivity contribution is 9.11. The second-order valence-electron chi connectivity index (χ2n) is 9.81. The van der Waals surface area contributed by atoms with E-state index in [1.807, 2.05) is 0 Å². The zero-order valence-corrected chi connectivity index (χ0v) is 25.2. The van der Waals surface area contributed by atoms with Gasteiger partial charge in [0.2, 0.25) is 0 Å². The van der Waals surface area contributed by atoms with Gasteiger partial charge < -0.3 is 0 Å². The van der Waals surface area contributed by atoms with Gasteiger partial charge in [0.05, 0.1) is 11.4 Å². The summed E-state index contributed by atoms with van der Waals surface area (Å²) in [6.07, 6.45) is 11.2. The molecule has 2 aliphatic carbocycles. The minimum Gasteiger partial charge on any atom is -0.248 e. The predicted octanol–water partition coefficient (Wildman–Crippen LogP) is 10.8. The molecule has 0 N–H and O–H groups in total. The summed E-state index contributed by atoms with van der Waals surface area (Å²) in [5, 5.41) is 0. The Bertz CT molecular complexity index is 1470. The Morgan fingerprint density at radius 1 is 0.568 bits per heavy atom. The first kappa shape index (κ1) is 25.0. The quantitative estimate of drug-likeness (QED) is 0.211. The standard InChI is InChI=1S/C33H26Br3N/c34-26-11-1-6-21(18-26)16-24-9-4-14-29-31(23-8-3-13-28(36)20-23)30-15-5-10-25(33(30)37-32(24)29)17-22-7-2-12-27(35)19-22/h1-3,6-8,11-13,16-20H,4-5,9-10,14-15H2/b24-16-,25-17+. The van der Waals surface area contributed by atoms with E-state index in [9.17, 15) is 0 Å². The molecule has 0 saturated carbocycles. The van der Waals surface area contributed by atoms with Crippen LogP contribution in [0.15, 0.2) is 86.2 Å². The van der Waals surface area contributed by atoms with Gasteiger partial charge in [0, 0.05) is 13.4 Å². The third-order valence-corrected chi connectivity index (χ3v) is 8.73. The summed E-state index contributed by atoms with van der Waals surface area (Å²) < 4.78 is 3.32. The fraction of sp³-hybridized carbons (Fsp3) is 0.182. The molecule has 1 aromatic heterocycles. The van der Waals surface area contributed by atoms with Crippen LogP contribution in [-0.2, 0) is 12.8 Å². The van der Waals surface area contributed by atoms with Crippen LogP contribution in [0.2, 0.25) is 0 Å². The Morgan fingerprint density at radius 3 is 1.54 bits per heavy atom. The molecule has 0 fully saturated rings. The van der Waals surface area contributed by atoms with Crippen molar-refractivity contribution in [1.82, 2.24) is 4.98 Å². The summed E-state index contributed by atoms with van der Waals surface area (Å²) in [6, 6.07) is 25.9. The average molecular weight is 676 g/mol. The van der Waals surface area contributed by atoms with Crippen LogP contribution in [0.3, 0.4) is 0 Å². The summed E-state index contributed by atoms with van der Waals surface area (Å²) in [5.41, 5.74) is 13.0. The van der Waals surface area contributed by atoms with E-state index in [2.05, 4.69) is 133 Å². The minimum absolute atomic E-state index is 1.05. The van der Waals surface area contributed by atoms with E-state index < -0.39 is 0 Å². The summed E-state index contributed by atoms with van der Waals surface area (Å²) in [6.45, 7) is 0. The molecule has 0 atom stereocenters. The Balaban J connectivity index is 1.60. The van der Waals surface area contributed by atoms with Crippen LogP contribution in [0, 0.1) is 0 Å². The molecule has 1 nitrogen and oxygen atoms in total. The highest BCUT2D eigenvalue weighted by Crippen LogP contribution is 2.45. The number of hydrogen-bond donors (Lipinski definition) is 0. The van der Waals surface area contributed by atoms with Crippen molar-refractivity contribution in [2.24, 2.45) is 0 Å². The lowest BCUT2D eigenvalue weighted by molar-refractivity contribution is 0.778. The van der Waals surface area contributed by atoms with Gasteiger partial charge in [-0.15, -0.1) is 0 Å². The Hall–Kier alpha value is -2.27. The van der Waals surface area contributed by atoms with Crippen molar-refractivity contribution in [1.29, 1.82) is 0 Å². The predicted molar refractivity (Wildman–Crippen MR) is 167 cm³/mol. The summed E-state index contributed by atoms with van der Waals surface area (Å²) in [5.74, 6) is 0. The van der Waals surface area contributed by atoms with Crippen LogP contribution in [-0.4, -0.2) is 4.98 Å². The summed E-state index contributed by atoms with van der Waals surface area (Å²) in [7, 11) is 0. The number of halogens is 3. The molecule has 0 bridgehead atoms. The van der Waals surface area contributed by atoms with Gasteiger partial charge in [-0.2, -0.15) is 0 Å². The van der Waals surface area contributed by atoms with Crippen molar-refractivity contribution in [3.05, 3.63) is 120 Å². The van der Waals surface area contributed by atoms with Gasteiger partial charge in [-0.25, -0.2) is 4.98 Å². The highest BCUT2D eigenvalue weighted by atomic mass is 79.9. The van der Waals surface area contributed by atoms with Crippen LogP contribution >= 0.6 is 47.8 Å². The molecule has 184 valence electrons. The van der Waals surface area contributed by atoms with E-state index in [0.717, 1.165) is 51.9 Å². The molecule has 4 heteroatoms. The molecular weight excluding hydrogens is 650 g/mol. The first-order valence-electron chi connectivity index (χ1n) is 12.8. The molecule has 4 aromatic rings. The first-order chi connectivity index (χ1) is 18.0. The van der Waals surface area contributed by atoms with E-state index in [1.165, 1.54) is 55.9 Å². The molecular formula is C33H26Br3N. The molecule has 37 heavy (non-hydrogen) atoms. The molecule has 0 amide bonds. The van der Waals surface area contributed by atoms with Crippen LogP contribution < -0.4 is 0 Å². The van der Waals surface area contributed by atoms with Crippen LogP contribution in [0.1, 0.15) is 59.3 Å². The van der Waals surface area contributed by atoms with Crippen molar-refractivity contribution >= 4 is 71.1 Å². The fourth-order valence-electron chi connectivity index (χ4n) is 5.70. The zero-order valence-electron chi connectivity index (χ0n) is 20.4. The second kappa shape index (κ2) is 10.8. The van der Waals surface area contributed by atoms with Gasteiger partial charge in [0.25, 0.3) is 0 Å². The number of allylic oxidation sites excluding steroid dienone is 2. The summed E-state index contributed by atoms with van der Waals surface area (Å²) in [4.78, 5) is 5.49. The summed E-state index contributed by atoms with van der Waals surface area (Å²) >= 11 is 11.0. The molecule has 6 rings (SSSR count). The molecule has 0 saturated heterocycles. The largest absolute Gasteiger partial charge is 0.248 e. The van der Waals surface area contributed by atoms with Crippen LogP contribution in [0.4, 0.5) is 0 Å². The Kier molecular flexibility index (Phi) is 7.34. The maximum Gasteiger partial charge on any atom is 0.0707 e. The minimum atomic E-state index is 1.05. The molecule has 0 aliphatic heterocycles. The van der Waals surface area contributed by atoms with E-state index in [-0.39, 0.29) is 0 Å². The van der Waals surface area contributed by atoms with E-state index in [1.54, 1.807) is 0 Å². The Morgan fingerprint density at radius 2 is 1.05 bits per heavy atom. The van der Waals surface area contributed by atoms with Crippen molar-refractivity contribution in [2.45, 2.75) is 38.5 Å². The molecule has 0 spiro atoms. The third-order valence-electron chi connectivity index (χ3n) is 7.25. The van der Waals surface area contributed by atoms with Crippen molar-refractivity contribution in [2.75, 3.05) is 0 Å². The number of nitrogens with zero attached hydrogens (tertiary/aromatic N) is 1. The number of aromatic nitrogens is 1. The molecule has 2 aliphatic rings. The lowest BCUT2D eigenvalue weighted by atomic mass is 9.78.